The highest BCUT2D eigenvalue weighted by atomic mass is 35.5. The van der Waals surface area contributed by atoms with Gasteiger partial charge in [0.1, 0.15) is 12.4 Å². The van der Waals surface area contributed by atoms with Gasteiger partial charge in [-0.3, -0.25) is 14.5 Å². The summed E-state index contributed by atoms with van der Waals surface area (Å²) in [6.07, 6.45) is 3.79. The van der Waals surface area contributed by atoms with Gasteiger partial charge in [-0.05, 0) is 53.7 Å². The Morgan fingerprint density at radius 1 is 0.943 bits per heavy atom. The van der Waals surface area contributed by atoms with Gasteiger partial charge in [0.2, 0.25) is 0 Å². The van der Waals surface area contributed by atoms with Gasteiger partial charge in [0, 0.05) is 34.2 Å². The van der Waals surface area contributed by atoms with Gasteiger partial charge in [-0.25, -0.2) is 0 Å². The Morgan fingerprint density at radius 3 is 2.57 bits per heavy atom. The molecule has 1 aromatic heterocycles. The van der Waals surface area contributed by atoms with Crippen molar-refractivity contribution < 1.29 is 14.3 Å². The van der Waals surface area contributed by atoms with Gasteiger partial charge >= 0.3 is 0 Å². The third-order valence-corrected chi connectivity index (χ3v) is 7.09. The summed E-state index contributed by atoms with van der Waals surface area (Å²) >= 11 is 13.2. The zero-order valence-electron chi connectivity index (χ0n) is 18.5. The van der Waals surface area contributed by atoms with Crippen molar-refractivity contribution in [2.75, 3.05) is 13.2 Å². The van der Waals surface area contributed by atoms with Crippen molar-refractivity contribution >= 4 is 63.1 Å². The van der Waals surface area contributed by atoms with E-state index in [-0.39, 0.29) is 24.3 Å². The summed E-state index contributed by atoms with van der Waals surface area (Å²) in [7, 11) is 0. The van der Waals surface area contributed by atoms with Gasteiger partial charge < -0.3 is 9.30 Å². The fourth-order valence-electron chi connectivity index (χ4n) is 4.00. The van der Waals surface area contributed by atoms with Gasteiger partial charge in [0.15, 0.2) is 0 Å². The van der Waals surface area contributed by atoms with E-state index in [1.807, 2.05) is 66.9 Å². The quantitative estimate of drug-likeness (QED) is 0.242. The normalized spacial score (nSPS) is 14.9. The third-order valence-electron chi connectivity index (χ3n) is 5.63. The molecule has 5 nitrogen and oxygen atoms in total. The molecular formula is C27H20Cl2N2O3S. The smallest absolute Gasteiger partial charge is 0.293 e. The molecule has 3 aromatic carbocycles. The summed E-state index contributed by atoms with van der Waals surface area (Å²) in [6, 6.07) is 22.8. The lowest BCUT2D eigenvalue weighted by atomic mass is 10.1. The van der Waals surface area contributed by atoms with Crippen molar-refractivity contribution in [1.82, 2.24) is 9.47 Å². The first-order chi connectivity index (χ1) is 17.0. The molecule has 0 spiro atoms. The molecule has 1 fully saturated rings. The average molecular weight is 523 g/mol. The van der Waals surface area contributed by atoms with Crippen LogP contribution < -0.4 is 4.74 Å². The molecule has 0 N–H and O–H groups in total. The van der Waals surface area contributed by atoms with Gasteiger partial charge in [0.05, 0.1) is 16.5 Å². The van der Waals surface area contributed by atoms with Crippen LogP contribution in [0.15, 0.2) is 83.9 Å². The van der Waals surface area contributed by atoms with Crippen LogP contribution in [0.2, 0.25) is 10.0 Å². The van der Waals surface area contributed by atoms with Crippen molar-refractivity contribution in [2.24, 2.45) is 0 Å². The number of para-hydroxylation sites is 2. The molecule has 1 aliphatic rings. The third kappa shape index (κ3) is 5.10. The van der Waals surface area contributed by atoms with Crippen molar-refractivity contribution in [3.8, 4) is 5.75 Å². The molecule has 0 bridgehead atoms. The average Bonchev–Trinajstić information content (AvgIpc) is 3.32. The molecule has 2 amide bonds. The molecule has 35 heavy (non-hydrogen) atoms. The number of ether oxygens (including phenoxy) is 1. The Bertz CT molecular complexity index is 1460. The van der Waals surface area contributed by atoms with Crippen LogP contribution in [0.1, 0.15) is 11.1 Å². The van der Waals surface area contributed by atoms with Crippen LogP contribution in [0.5, 0.6) is 5.75 Å². The molecule has 2 heterocycles. The number of carbonyl (C=O) groups excluding carboxylic acids is 2. The summed E-state index contributed by atoms with van der Waals surface area (Å²) in [5.41, 5.74) is 2.98. The van der Waals surface area contributed by atoms with Gasteiger partial charge in [-0.2, -0.15) is 0 Å². The Kier molecular flexibility index (Phi) is 6.86. The Labute approximate surface area is 216 Å². The van der Waals surface area contributed by atoms with Crippen molar-refractivity contribution in [3.05, 3.63) is 105 Å². The predicted molar refractivity (Wildman–Crippen MR) is 142 cm³/mol. The standard InChI is InChI=1S/C27H20Cl2N2O3S/c28-20-7-5-6-18(14-20)16-30-17-19(21-8-1-3-10-23(21)30)15-25-26(32)31(27(33)35-25)12-13-34-24-11-4-2-9-22(24)29/h1-11,14-15,17H,12-13,16H2/b25-15-. The van der Waals surface area contributed by atoms with E-state index in [0.29, 0.717) is 27.2 Å². The summed E-state index contributed by atoms with van der Waals surface area (Å²) in [4.78, 5) is 27.2. The van der Waals surface area contributed by atoms with Crippen LogP contribution in [0.3, 0.4) is 0 Å². The molecule has 1 aliphatic heterocycles. The largest absolute Gasteiger partial charge is 0.490 e. The van der Waals surface area contributed by atoms with Crippen LogP contribution in [0.4, 0.5) is 4.79 Å². The zero-order chi connectivity index (χ0) is 24.4. The first-order valence-electron chi connectivity index (χ1n) is 10.9. The first-order valence-corrected chi connectivity index (χ1v) is 12.5. The summed E-state index contributed by atoms with van der Waals surface area (Å²) in [5, 5.41) is 1.86. The number of thioether (sulfide) groups is 1. The highest BCUT2D eigenvalue weighted by Gasteiger charge is 2.35. The highest BCUT2D eigenvalue weighted by Crippen LogP contribution is 2.34. The second-order valence-electron chi connectivity index (χ2n) is 7.97. The minimum atomic E-state index is -0.325. The van der Waals surface area contributed by atoms with E-state index >= 15 is 0 Å². The second kappa shape index (κ2) is 10.2. The molecule has 0 radical (unpaired) electrons. The molecule has 5 rings (SSSR count). The van der Waals surface area contributed by atoms with Crippen molar-refractivity contribution in [2.45, 2.75) is 6.54 Å². The molecule has 8 heteroatoms. The van der Waals surface area contributed by atoms with Crippen LogP contribution >= 0.6 is 35.0 Å². The van der Waals surface area contributed by atoms with Gasteiger partial charge in [0.25, 0.3) is 11.1 Å². The lowest BCUT2D eigenvalue weighted by Gasteiger charge is -2.13. The van der Waals surface area contributed by atoms with Gasteiger partial charge in [-0.15, -0.1) is 0 Å². The number of nitrogens with zero attached hydrogens (tertiary/aromatic N) is 2. The number of rotatable bonds is 7. The monoisotopic (exact) mass is 522 g/mol. The number of hydrogen-bond donors (Lipinski definition) is 0. The van der Waals surface area contributed by atoms with Crippen LogP contribution in [-0.2, 0) is 11.3 Å². The van der Waals surface area contributed by atoms with Crippen molar-refractivity contribution in [1.29, 1.82) is 0 Å². The number of imide groups is 1. The molecule has 4 aromatic rings. The highest BCUT2D eigenvalue weighted by molar-refractivity contribution is 8.18. The maximum absolute atomic E-state index is 13.0. The lowest BCUT2D eigenvalue weighted by Crippen LogP contribution is -2.32. The Hall–Kier alpha value is -3.19. The van der Waals surface area contributed by atoms with E-state index in [1.54, 1.807) is 18.2 Å². The molecule has 0 saturated carbocycles. The summed E-state index contributed by atoms with van der Waals surface area (Å²) in [5.74, 6) is 0.193. The topological polar surface area (TPSA) is 51.5 Å². The number of benzene rings is 3. The van der Waals surface area contributed by atoms with Crippen LogP contribution in [-0.4, -0.2) is 33.8 Å². The predicted octanol–water partition coefficient (Wildman–Crippen LogP) is 7.11. The Balaban J connectivity index is 1.36. The molecule has 0 atom stereocenters. The van der Waals surface area contributed by atoms with Gasteiger partial charge in [-0.1, -0.05) is 65.7 Å². The van der Waals surface area contributed by atoms with E-state index in [4.69, 9.17) is 27.9 Å². The minimum Gasteiger partial charge on any atom is -0.490 e. The number of fused-ring (bicyclic) bond motifs is 1. The minimum absolute atomic E-state index is 0.143. The van der Waals surface area contributed by atoms with Crippen LogP contribution in [0.25, 0.3) is 17.0 Å². The van der Waals surface area contributed by atoms with E-state index in [9.17, 15) is 9.59 Å². The number of hydrogen-bond acceptors (Lipinski definition) is 4. The molecular weight excluding hydrogens is 503 g/mol. The maximum Gasteiger partial charge on any atom is 0.293 e. The first kappa shape index (κ1) is 23.5. The van der Waals surface area contributed by atoms with Crippen LogP contribution in [0, 0.1) is 0 Å². The number of halogens is 2. The summed E-state index contributed by atoms with van der Waals surface area (Å²) in [6.45, 7) is 0.938. The molecule has 0 unspecified atom stereocenters. The maximum atomic E-state index is 13.0. The number of aromatic nitrogens is 1. The van der Waals surface area contributed by atoms with Crippen molar-refractivity contribution in [3.63, 3.8) is 0 Å². The fraction of sp³-hybridized carbons (Fsp3) is 0.111. The SMILES string of the molecule is O=C1S/C(=C\c2cn(Cc3cccc(Cl)c3)c3ccccc23)C(=O)N1CCOc1ccccc1Cl. The number of amides is 2. The van der Waals surface area contributed by atoms with E-state index in [1.165, 1.54) is 4.90 Å². The van der Waals surface area contributed by atoms with E-state index in [2.05, 4.69) is 4.57 Å². The molecule has 0 aliphatic carbocycles. The molecule has 176 valence electrons. The second-order valence-corrected chi connectivity index (χ2v) is 9.81. The number of carbonyl (C=O) groups is 2. The van der Waals surface area contributed by atoms with E-state index < -0.39 is 0 Å². The van der Waals surface area contributed by atoms with E-state index in [0.717, 1.165) is 33.8 Å². The molecule has 1 saturated heterocycles. The fourth-order valence-corrected chi connectivity index (χ4v) is 5.25. The lowest BCUT2D eigenvalue weighted by molar-refractivity contribution is -0.123. The summed E-state index contributed by atoms with van der Waals surface area (Å²) < 4.78 is 7.77. The Morgan fingerprint density at radius 2 is 1.74 bits per heavy atom. The zero-order valence-corrected chi connectivity index (χ0v) is 20.8.